The van der Waals surface area contributed by atoms with Gasteiger partial charge in [-0.2, -0.15) is 4.99 Å². The van der Waals surface area contributed by atoms with Gasteiger partial charge in [-0.05, 0) is 58.5 Å². The Morgan fingerprint density at radius 3 is 2.57 bits per heavy atom. The third kappa shape index (κ3) is 3.21. The average molecular weight is 376 g/mol. The molecule has 0 saturated heterocycles. The van der Waals surface area contributed by atoms with Gasteiger partial charge in [0.2, 0.25) is 6.08 Å². The smallest absolute Gasteiger partial charge is 0.235 e. The Bertz CT molecular complexity index is 730. The molecular formula is C18H15BrFNO2. The molecule has 2 aromatic carbocycles. The van der Waals surface area contributed by atoms with Crippen molar-refractivity contribution in [3.8, 4) is 5.75 Å². The van der Waals surface area contributed by atoms with Crippen LogP contribution < -0.4 is 4.74 Å². The third-order valence-electron chi connectivity index (χ3n) is 4.20. The minimum Gasteiger partial charge on any atom is -0.485 e. The van der Waals surface area contributed by atoms with E-state index in [2.05, 4.69) is 20.9 Å². The number of halogens is 2. The summed E-state index contributed by atoms with van der Waals surface area (Å²) in [6, 6.07) is 12.8. The summed E-state index contributed by atoms with van der Waals surface area (Å²) in [7, 11) is 0. The molecule has 0 heterocycles. The first kappa shape index (κ1) is 15.9. The minimum atomic E-state index is -0.622. The van der Waals surface area contributed by atoms with Crippen molar-refractivity contribution in [3.63, 3.8) is 0 Å². The van der Waals surface area contributed by atoms with Gasteiger partial charge in [0.25, 0.3) is 0 Å². The van der Waals surface area contributed by atoms with Gasteiger partial charge in [-0.1, -0.05) is 30.3 Å². The first-order valence-electron chi connectivity index (χ1n) is 7.40. The lowest BCUT2D eigenvalue weighted by atomic mass is 9.72. The van der Waals surface area contributed by atoms with Gasteiger partial charge in [-0.25, -0.2) is 9.18 Å². The first-order valence-corrected chi connectivity index (χ1v) is 8.19. The Morgan fingerprint density at radius 1 is 1.26 bits per heavy atom. The van der Waals surface area contributed by atoms with E-state index in [1.165, 1.54) is 6.07 Å². The molecule has 3 rings (SSSR count). The van der Waals surface area contributed by atoms with E-state index >= 15 is 0 Å². The predicted molar refractivity (Wildman–Crippen MR) is 88.5 cm³/mol. The van der Waals surface area contributed by atoms with Crippen LogP contribution >= 0.6 is 15.9 Å². The van der Waals surface area contributed by atoms with Crippen LogP contribution in [-0.2, 0) is 16.9 Å². The fourth-order valence-corrected chi connectivity index (χ4v) is 3.31. The van der Waals surface area contributed by atoms with Crippen LogP contribution in [0.4, 0.5) is 4.39 Å². The highest BCUT2D eigenvalue weighted by molar-refractivity contribution is 9.10. The van der Waals surface area contributed by atoms with Crippen LogP contribution in [0.3, 0.4) is 0 Å². The number of aliphatic imine (C=N–C) groups is 1. The topological polar surface area (TPSA) is 38.7 Å². The Balaban J connectivity index is 1.84. The molecule has 1 aliphatic carbocycles. The van der Waals surface area contributed by atoms with Gasteiger partial charge in [0, 0.05) is 0 Å². The number of carbonyl (C=O) groups excluding carboxylic acids is 1. The standard InChI is InChI=1S/C18H15BrFNO2/c19-15-9-14(18(21-12-22)7-4-8-18)10-16(20)17(15)23-11-13-5-2-1-3-6-13/h1-3,5-6,9-10H,4,7-8,11H2. The molecule has 1 aliphatic rings. The zero-order valence-corrected chi connectivity index (χ0v) is 14.0. The highest BCUT2D eigenvalue weighted by atomic mass is 79.9. The number of benzene rings is 2. The molecule has 0 spiro atoms. The second-order valence-electron chi connectivity index (χ2n) is 5.63. The van der Waals surface area contributed by atoms with E-state index in [-0.39, 0.29) is 12.4 Å². The van der Waals surface area contributed by atoms with E-state index in [9.17, 15) is 9.18 Å². The quantitative estimate of drug-likeness (QED) is 0.551. The summed E-state index contributed by atoms with van der Waals surface area (Å²) >= 11 is 3.36. The van der Waals surface area contributed by atoms with Crippen LogP contribution in [0.25, 0.3) is 0 Å². The number of rotatable bonds is 5. The summed E-state index contributed by atoms with van der Waals surface area (Å²) in [5.74, 6) is -0.292. The fourth-order valence-electron chi connectivity index (χ4n) is 2.76. The number of hydrogen-bond donors (Lipinski definition) is 0. The lowest BCUT2D eigenvalue weighted by Crippen LogP contribution is -2.32. The molecule has 0 atom stereocenters. The van der Waals surface area contributed by atoms with Crippen molar-refractivity contribution in [2.24, 2.45) is 4.99 Å². The monoisotopic (exact) mass is 375 g/mol. The van der Waals surface area contributed by atoms with Crippen molar-refractivity contribution in [3.05, 3.63) is 63.9 Å². The van der Waals surface area contributed by atoms with Gasteiger partial charge in [-0.3, -0.25) is 0 Å². The lowest BCUT2D eigenvalue weighted by molar-refractivity contribution is 0.252. The van der Waals surface area contributed by atoms with Crippen LogP contribution in [0.1, 0.15) is 30.4 Å². The summed E-state index contributed by atoms with van der Waals surface area (Å²) in [6.45, 7) is 0.285. The van der Waals surface area contributed by atoms with Crippen molar-refractivity contribution in [1.29, 1.82) is 0 Å². The van der Waals surface area contributed by atoms with Crippen LogP contribution in [0.5, 0.6) is 5.75 Å². The molecule has 0 aromatic heterocycles. The Labute approximate surface area is 142 Å². The number of isocyanates is 1. The summed E-state index contributed by atoms with van der Waals surface area (Å²) < 4.78 is 20.6. The largest absolute Gasteiger partial charge is 0.485 e. The number of hydrogen-bond acceptors (Lipinski definition) is 3. The van der Waals surface area contributed by atoms with Crippen LogP contribution in [0.15, 0.2) is 51.9 Å². The molecule has 3 nitrogen and oxygen atoms in total. The average Bonchev–Trinajstić information content (AvgIpc) is 2.51. The maximum absolute atomic E-state index is 14.4. The van der Waals surface area contributed by atoms with Gasteiger partial charge < -0.3 is 4.74 Å². The van der Waals surface area contributed by atoms with Gasteiger partial charge >= 0.3 is 0 Å². The molecule has 0 bridgehead atoms. The Hall–Kier alpha value is -1.97. The van der Waals surface area contributed by atoms with E-state index in [0.29, 0.717) is 10.0 Å². The zero-order valence-electron chi connectivity index (χ0n) is 12.4. The van der Waals surface area contributed by atoms with E-state index in [0.717, 1.165) is 24.8 Å². The van der Waals surface area contributed by atoms with Crippen molar-refractivity contribution in [2.45, 2.75) is 31.4 Å². The fraction of sp³-hybridized carbons (Fsp3) is 0.278. The molecule has 2 aromatic rings. The van der Waals surface area contributed by atoms with Crippen molar-refractivity contribution in [2.75, 3.05) is 0 Å². The molecular weight excluding hydrogens is 361 g/mol. The molecule has 0 N–H and O–H groups in total. The van der Waals surface area contributed by atoms with E-state index < -0.39 is 11.4 Å². The molecule has 118 valence electrons. The molecule has 1 fully saturated rings. The molecule has 0 amide bonds. The van der Waals surface area contributed by atoms with Crippen molar-refractivity contribution < 1.29 is 13.9 Å². The predicted octanol–water partition coefficient (Wildman–Crippen LogP) is 4.88. The van der Waals surface area contributed by atoms with Gasteiger partial charge in [0.15, 0.2) is 11.6 Å². The van der Waals surface area contributed by atoms with Crippen molar-refractivity contribution in [1.82, 2.24) is 0 Å². The van der Waals surface area contributed by atoms with Crippen LogP contribution in [-0.4, -0.2) is 6.08 Å². The van der Waals surface area contributed by atoms with Crippen LogP contribution in [0.2, 0.25) is 0 Å². The summed E-state index contributed by atoms with van der Waals surface area (Å²) in [4.78, 5) is 14.6. The van der Waals surface area contributed by atoms with E-state index in [4.69, 9.17) is 4.74 Å². The first-order chi connectivity index (χ1) is 11.1. The highest BCUT2D eigenvalue weighted by Crippen LogP contribution is 2.46. The molecule has 5 heteroatoms. The zero-order chi connectivity index (χ0) is 16.3. The van der Waals surface area contributed by atoms with Crippen molar-refractivity contribution >= 4 is 22.0 Å². The molecule has 0 radical (unpaired) electrons. The van der Waals surface area contributed by atoms with Crippen LogP contribution in [0, 0.1) is 5.82 Å². The SMILES string of the molecule is O=C=NC1(c2cc(F)c(OCc3ccccc3)c(Br)c2)CCC1. The second-order valence-corrected chi connectivity index (χ2v) is 6.49. The lowest BCUT2D eigenvalue weighted by Gasteiger charge is -2.37. The molecule has 1 saturated carbocycles. The Morgan fingerprint density at radius 2 is 2.00 bits per heavy atom. The van der Waals surface area contributed by atoms with Gasteiger partial charge in [-0.15, -0.1) is 0 Å². The van der Waals surface area contributed by atoms with Gasteiger partial charge in [0.1, 0.15) is 6.61 Å². The molecule has 23 heavy (non-hydrogen) atoms. The summed E-state index contributed by atoms with van der Waals surface area (Å²) in [5, 5.41) is 0. The van der Waals surface area contributed by atoms with E-state index in [1.807, 2.05) is 30.3 Å². The van der Waals surface area contributed by atoms with Gasteiger partial charge in [0.05, 0.1) is 10.0 Å². The number of nitrogens with zero attached hydrogens (tertiary/aromatic N) is 1. The summed E-state index contributed by atoms with van der Waals surface area (Å²) in [6.07, 6.45) is 4.05. The molecule has 0 unspecified atom stereocenters. The molecule has 0 aliphatic heterocycles. The maximum Gasteiger partial charge on any atom is 0.235 e. The van der Waals surface area contributed by atoms with E-state index in [1.54, 1.807) is 12.1 Å². The number of ether oxygens (including phenoxy) is 1. The second kappa shape index (κ2) is 6.65. The highest BCUT2D eigenvalue weighted by Gasteiger charge is 2.39. The Kier molecular flexibility index (Phi) is 4.60. The summed E-state index contributed by atoms with van der Waals surface area (Å²) in [5.41, 5.74) is 1.02. The normalized spacial score (nSPS) is 15.4. The third-order valence-corrected chi connectivity index (χ3v) is 4.79. The maximum atomic E-state index is 14.4. The minimum absolute atomic E-state index is 0.169.